The molecule has 0 saturated carbocycles. The van der Waals surface area contributed by atoms with Crippen LogP contribution in [0.5, 0.6) is 17.2 Å². The van der Waals surface area contributed by atoms with E-state index in [9.17, 15) is 4.79 Å². The number of rotatable bonds is 12. The molecule has 8 heteroatoms. The van der Waals surface area contributed by atoms with E-state index in [1.54, 1.807) is 12.1 Å². The number of esters is 1. The fraction of sp³-hybridized carbons (Fsp3) is 0.611. The Morgan fingerprint density at radius 1 is 1.04 bits per heavy atom. The summed E-state index contributed by atoms with van der Waals surface area (Å²) in [5, 5.41) is 0. The average Bonchev–Trinajstić information content (AvgIpc) is 2.65. The summed E-state index contributed by atoms with van der Waals surface area (Å²) in [5.41, 5.74) is 0.370. The lowest BCUT2D eigenvalue weighted by Gasteiger charge is -2.17. The van der Waals surface area contributed by atoms with E-state index in [4.69, 9.17) is 30.5 Å². The van der Waals surface area contributed by atoms with Gasteiger partial charge in [0.05, 0.1) is 40.0 Å². The van der Waals surface area contributed by atoms with Gasteiger partial charge in [0.15, 0.2) is 11.5 Å². The van der Waals surface area contributed by atoms with Crippen molar-refractivity contribution in [1.29, 1.82) is 0 Å². The van der Waals surface area contributed by atoms with E-state index >= 15 is 0 Å². The number of methoxy groups -OCH3 is 3. The second-order valence-corrected chi connectivity index (χ2v) is 5.93. The zero-order chi connectivity index (χ0) is 18.7. The maximum absolute atomic E-state index is 12.3. The molecule has 1 rings (SSSR count). The Morgan fingerprint density at radius 2 is 1.65 bits per heavy atom. The number of quaternary nitrogens is 1. The molecule has 0 aromatic heterocycles. The highest BCUT2D eigenvalue weighted by atomic mass is 35.5. The molecule has 1 unspecified atom stereocenters. The minimum atomic E-state index is -0.407. The van der Waals surface area contributed by atoms with Gasteiger partial charge in [0.2, 0.25) is 5.75 Å². The van der Waals surface area contributed by atoms with Crippen LogP contribution in [0, 0.1) is 0 Å². The molecule has 0 aliphatic carbocycles. The van der Waals surface area contributed by atoms with Crippen LogP contribution in [0.15, 0.2) is 12.1 Å². The molecule has 1 aromatic rings. The molecular formula is C18H29Cl2NO5. The lowest BCUT2D eigenvalue weighted by molar-refractivity contribution is -0.898. The van der Waals surface area contributed by atoms with Crippen LogP contribution < -0.4 is 31.5 Å². The minimum Gasteiger partial charge on any atom is -1.00 e. The van der Waals surface area contributed by atoms with Gasteiger partial charge in [-0.15, -0.1) is 11.6 Å². The summed E-state index contributed by atoms with van der Waals surface area (Å²) in [6.45, 7) is 5.28. The molecular weight excluding hydrogens is 381 g/mol. The topological polar surface area (TPSA) is 58.4 Å². The second kappa shape index (κ2) is 13.8. The van der Waals surface area contributed by atoms with Gasteiger partial charge < -0.3 is 36.3 Å². The Morgan fingerprint density at radius 3 is 2.12 bits per heavy atom. The van der Waals surface area contributed by atoms with Gasteiger partial charge >= 0.3 is 5.97 Å². The van der Waals surface area contributed by atoms with Gasteiger partial charge in [0.1, 0.15) is 13.2 Å². The SMILES string of the molecule is CC[NH+](CCCCCl)CCOC(=O)c1cc(OC)c(OC)c(OC)c1.[Cl-]. The van der Waals surface area contributed by atoms with E-state index in [-0.39, 0.29) is 12.4 Å². The number of hydrogen-bond donors (Lipinski definition) is 1. The number of hydrogen-bond acceptors (Lipinski definition) is 5. The number of unbranched alkanes of at least 4 members (excludes halogenated alkanes) is 1. The molecule has 0 aliphatic heterocycles. The van der Waals surface area contributed by atoms with E-state index in [0.717, 1.165) is 32.5 Å². The third-order valence-corrected chi connectivity index (χ3v) is 4.27. The van der Waals surface area contributed by atoms with Crippen molar-refractivity contribution in [2.75, 3.05) is 53.5 Å². The van der Waals surface area contributed by atoms with Gasteiger partial charge in [-0.2, -0.15) is 0 Å². The predicted octanol–water partition coefficient (Wildman–Crippen LogP) is -1.20. The first-order valence-electron chi connectivity index (χ1n) is 8.47. The number of carbonyl (C=O) groups is 1. The molecule has 26 heavy (non-hydrogen) atoms. The molecule has 1 aromatic carbocycles. The fourth-order valence-electron chi connectivity index (χ4n) is 2.52. The van der Waals surface area contributed by atoms with Crippen LogP contribution in [0.4, 0.5) is 0 Å². The monoisotopic (exact) mass is 409 g/mol. The summed E-state index contributed by atoms with van der Waals surface area (Å²) < 4.78 is 21.2. The van der Waals surface area contributed by atoms with Gasteiger partial charge in [-0.3, -0.25) is 0 Å². The van der Waals surface area contributed by atoms with Crippen molar-refractivity contribution >= 4 is 17.6 Å². The van der Waals surface area contributed by atoms with Gasteiger partial charge in [-0.1, -0.05) is 0 Å². The zero-order valence-electron chi connectivity index (χ0n) is 15.9. The Hall–Kier alpha value is -1.37. The normalized spacial score (nSPS) is 11.3. The first kappa shape index (κ1) is 24.6. The number of carbonyl (C=O) groups excluding carboxylic acids is 1. The molecule has 0 fully saturated rings. The van der Waals surface area contributed by atoms with Gasteiger partial charge in [0.25, 0.3) is 0 Å². The van der Waals surface area contributed by atoms with Gasteiger partial charge in [-0.05, 0) is 31.9 Å². The zero-order valence-corrected chi connectivity index (χ0v) is 17.4. The minimum absolute atomic E-state index is 0. The van der Waals surface area contributed by atoms with E-state index in [1.165, 1.54) is 26.2 Å². The third-order valence-electron chi connectivity index (χ3n) is 4.00. The Kier molecular flexibility index (Phi) is 13.1. The molecule has 1 atom stereocenters. The molecule has 0 amide bonds. The quantitative estimate of drug-likeness (QED) is 0.267. The number of benzene rings is 1. The van der Waals surface area contributed by atoms with Crippen LogP contribution >= 0.6 is 11.6 Å². The van der Waals surface area contributed by atoms with Crippen LogP contribution in [0.3, 0.4) is 0 Å². The van der Waals surface area contributed by atoms with Crippen LogP contribution in [-0.2, 0) is 4.74 Å². The molecule has 0 heterocycles. The van der Waals surface area contributed by atoms with Crippen molar-refractivity contribution in [3.8, 4) is 17.2 Å². The summed E-state index contributed by atoms with van der Waals surface area (Å²) in [5.74, 6) is 1.58. The lowest BCUT2D eigenvalue weighted by atomic mass is 10.2. The van der Waals surface area contributed by atoms with E-state index in [2.05, 4.69) is 6.92 Å². The molecule has 0 spiro atoms. The molecule has 0 saturated heterocycles. The van der Waals surface area contributed by atoms with Crippen LogP contribution in [-0.4, -0.2) is 59.4 Å². The lowest BCUT2D eigenvalue weighted by Crippen LogP contribution is -3.12. The summed E-state index contributed by atoms with van der Waals surface area (Å²) >= 11 is 5.70. The molecule has 1 N–H and O–H groups in total. The van der Waals surface area contributed by atoms with E-state index in [1.807, 2.05) is 0 Å². The van der Waals surface area contributed by atoms with E-state index in [0.29, 0.717) is 35.3 Å². The standard InChI is InChI=1S/C18H28ClNO5.ClH/c1-5-20(9-7-6-8-19)10-11-25-18(21)14-12-15(22-2)17(24-4)16(13-14)23-3;/h12-13H,5-11H2,1-4H3;1H. The molecule has 150 valence electrons. The number of nitrogens with one attached hydrogen (secondary N) is 1. The first-order chi connectivity index (χ1) is 12.1. The summed E-state index contributed by atoms with van der Waals surface area (Å²) in [7, 11) is 4.54. The van der Waals surface area contributed by atoms with Crippen molar-refractivity contribution in [3.63, 3.8) is 0 Å². The summed E-state index contributed by atoms with van der Waals surface area (Å²) in [6.07, 6.45) is 2.09. The van der Waals surface area contributed by atoms with E-state index < -0.39 is 5.97 Å². The number of alkyl halides is 1. The third kappa shape index (κ3) is 7.48. The molecule has 6 nitrogen and oxygen atoms in total. The smallest absolute Gasteiger partial charge is 0.338 e. The number of likely N-dealkylation sites (N-methyl/N-ethyl adjacent to an activating group) is 1. The number of ether oxygens (including phenoxy) is 4. The molecule has 0 radical (unpaired) electrons. The highest BCUT2D eigenvalue weighted by Gasteiger charge is 2.18. The fourth-order valence-corrected chi connectivity index (χ4v) is 2.71. The highest BCUT2D eigenvalue weighted by Crippen LogP contribution is 2.38. The number of halogens is 2. The van der Waals surface area contributed by atoms with Crippen molar-refractivity contribution < 1.29 is 41.0 Å². The highest BCUT2D eigenvalue weighted by molar-refractivity contribution is 6.17. The van der Waals surface area contributed by atoms with Crippen molar-refractivity contribution in [2.45, 2.75) is 19.8 Å². The Labute approximate surface area is 167 Å². The van der Waals surface area contributed by atoms with Crippen LogP contribution in [0.1, 0.15) is 30.1 Å². The largest absolute Gasteiger partial charge is 1.00 e. The van der Waals surface area contributed by atoms with Crippen LogP contribution in [0.2, 0.25) is 0 Å². The average molecular weight is 410 g/mol. The van der Waals surface area contributed by atoms with Gasteiger partial charge in [0, 0.05) is 5.88 Å². The second-order valence-electron chi connectivity index (χ2n) is 5.55. The molecule has 0 bridgehead atoms. The maximum atomic E-state index is 12.3. The van der Waals surface area contributed by atoms with Crippen molar-refractivity contribution in [2.24, 2.45) is 0 Å². The van der Waals surface area contributed by atoms with Crippen molar-refractivity contribution in [1.82, 2.24) is 0 Å². The van der Waals surface area contributed by atoms with Crippen molar-refractivity contribution in [3.05, 3.63) is 17.7 Å². The Balaban J connectivity index is 0.00000625. The first-order valence-corrected chi connectivity index (χ1v) is 9.01. The molecule has 0 aliphatic rings. The summed E-state index contributed by atoms with van der Waals surface area (Å²) in [6, 6.07) is 3.18. The van der Waals surface area contributed by atoms with Gasteiger partial charge in [-0.25, -0.2) is 4.79 Å². The van der Waals surface area contributed by atoms with Crippen LogP contribution in [0.25, 0.3) is 0 Å². The Bertz CT molecular complexity index is 517. The summed E-state index contributed by atoms with van der Waals surface area (Å²) in [4.78, 5) is 13.7. The maximum Gasteiger partial charge on any atom is 0.338 e. The predicted molar refractivity (Wildman–Crippen MR) is 97.6 cm³/mol.